The summed E-state index contributed by atoms with van der Waals surface area (Å²) < 4.78 is -0.708. The predicted molar refractivity (Wildman–Crippen MR) is 140 cm³/mol. The van der Waals surface area contributed by atoms with Gasteiger partial charge in [-0.25, -0.2) is 0 Å². The largest absolute Gasteiger partial charge is 0.505 e. The van der Waals surface area contributed by atoms with Gasteiger partial charge in [0.1, 0.15) is 22.5 Å². The third kappa shape index (κ3) is 4.65. The summed E-state index contributed by atoms with van der Waals surface area (Å²) in [5.74, 6) is 0.145. The van der Waals surface area contributed by atoms with Gasteiger partial charge in [0.15, 0.2) is 0 Å². The van der Waals surface area contributed by atoms with Crippen LogP contribution in [0.15, 0.2) is 66.7 Å². The second kappa shape index (κ2) is 8.21. The monoisotopic (exact) mass is 459 g/mol. The molecule has 1 aromatic heterocycles. The molecule has 33 heavy (non-hydrogen) atoms. The SMILES string of the molecule is CC(C)(C)CC(C)(C)c1cc(-n2nc3ccccc3n2)c(O)c(C(C)(S)c2ccccc2)c1. The number of benzene rings is 3. The lowest BCUT2D eigenvalue weighted by molar-refractivity contribution is 0.283. The van der Waals surface area contributed by atoms with Gasteiger partial charge in [-0.2, -0.15) is 12.6 Å². The summed E-state index contributed by atoms with van der Waals surface area (Å²) in [5, 5.41) is 20.9. The van der Waals surface area contributed by atoms with Crippen LogP contribution in [-0.4, -0.2) is 20.1 Å². The molecule has 1 heterocycles. The van der Waals surface area contributed by atoms with Crippen LogP contribution in [0.25, 0.3) is 16.7 Å². The Morgan fingerprint density at radius 1 is 0.788 bits per heavy atom. The first-order valence-electron chi connectivity index (χ1n) is 11.4. The average Bonchev–Trinajstić information content (AvgIpc) is 3.16. The maximum Gasteiger partial charge on any atom is 0.148 e. The second-order valence-corrected chi connectivity index (χ2v) is 11.8. The highest BCUT2D eigenvalue weighted by Crippen LogP contribution is 2.46. The summed E-state index contributed by atoms with van der Waals surface area (Å²) in [6.07, 6.45) is 0.979. The van der Waals surface area contributed by atoms with Crippen molar-refractivity contribution in [2.45, 2.75) is 58.1 Å². The van der Waals surface area contributed by atoms with Crippen molar-refractivity contribution in [3.8, 4) is 11.4 Å². The Morgan fingerprint density at radius 2 is 1.33 bits per heavy atom. The Labute approximate surface area is 202 Å². The fraction of sp³-hybridized carbons (Fsp3) is 0.357. The Morgan fingerprint density at radius 3 is 1.88 bits per heavy atom. The van der Waals surface area contributed by atoms with Crippen LogP contribution in [0.3, 0.4) is 0 Å². The molecule has 1 N–H and O–H groups in total. The van der Waals surface area contributed by atoms with Crippen LogP contribution in [0.5, 0.6) is 5.75 Å². The van der Waals surface area contributed by atoms with Crippen LogP contribution in [0.4, 0.5) is 0 Å². The standard InChI is InChI=1S/C28H33N3OS/c1-26(2,3)18-27(4,5)20-16-21(28(6,33)19-12-8-7-9-13-19)25(32)24(17-20)31-29-22-14-10-11-15-23(22)30-31/h7-17,32-33H,18H2,1-6H3. The highest BCUT2D eigenvalue weighted by molar-refractivity contribution is 7.81. The zero-order valence-corrected chi connectivity index (χ0v) is 21.2. The topological polar surface area (TPSA) is 50.9 Å². The van der Waals surface area contributed by atoms with Gasteiger partial charge < -0.3 is 5.11 Å². The first kappa shape index (κ1) is 23.4. The smallest absolute Gasteiger partial charge is 0.148 e. The number of aromatic nitrogens is 3. The molecule has 0 spiro atoms. The predicted octanol–water partition coefficient (Wildman–Crippen LogP) is 7.03. The van der Waals surface area contributed by atoms with Gasteiger partial charge in [0.2, 0.25) is 0 Å². The summed E-state index contributed by atoms with van der Waals surface area (Å²) in [6.45, 7) is 13.3. The second-order valence-electron chi connectivity index (χ2n) is 10.9. The Kier molecular flexibility index (Phi) is 5.81. The van der Waals surface area contributed by atoms with Crippen LogP contribution < -0.4 is 0 Å². The van der Waals surface area contributed by atoms with Crippen molar-refractivity contribution in [3.05, 3.63) is 83.4 Å². The lowest BCUT2D eigenvalue weighted by Crippen LogP contribution is -2.26. The Balaban J connectivity index is 1.97. The molecule has 4 aromatic rings. The lowest BCUT2D eigenvalue weighted by Gasteiger charge is -2.35. The van der Waals surface area contributed by atoms with Crippen molar-refractivity contribution >= 4 is 23.7 Å². The van der Waals surface area contributed by atoms with E-state index in [1.54, 1.807) is 4.80 Å². The molecule has 4 nitrogen and oxygen atoms in total. The highest BCUT2D eigenvalue weighted by atomic mass is 32.1. The summed E-state index contributed by atoms with van der Waals surface area (Å²) in [6, 6.07) is 21.9. The molecule has 0 bridgehead atoms. The van der Waals surface area contributed by atoms with Crippen LogP contribution in [0.2, 0.25) is 0 Å². The van der Waals surface area contributed by atoms with Crippen molar-refractivity contribution in [1.82, 2.24) is 15.0 Å². The molecule has 3 aromatic carbocycles. The van der Waals surface area contributed by atoms with Gasteiger partial charge in [-0.3, -0.25) is 0 Å². The molecule has 5 heteroatoms. The van der Waals surface area contributed by atoms with Crippen molar-refractivity contribution in [1.29, 1.82) is 0 Å². The van der Waals surface area contributed by atoms with E-state index in [-0.39, 0.29) is 16.6 Å². The van der Waals surface area contributed by atoms with Gasteiger partial charge >= 0.3 is 0 Å². The summed E-state index contributed by atoms with van der Waals surface area (Å²) in [7, 11) is 0. The molecule has 0 fully saturated rings. The van der Waals surface area contributed by atoms with E-state index in [2.05, 4.69) is 50.9 Å². The van der Waals surface area contributed by atoms with E-state index >= 15 is 0 Å². The van der Waals surface area contributed by atoms with Crippen LogP contribution in [0.1, 0.15) is 64.7 Å². The average molecular weight is 460 g/mol. The molecule has 4 rings (SSSR count). The maximum absolute atomic E-state index is 11.5. The molecule has 1 unspecified atom stereocenters. The lowest BCUT2D eigenvalue weighted by atomic mass is 9.71. The molecular weight excluding hydrogens is 426 g/mol. The first-order chi connectivity index (χ1) is 15.4. The van der Waals surface area contributed by atoms with E-state index in [0.717, 1.165) is 34.1 Å². The van der Waals surface area contributed by atoms with Crippen LogP contribution >= 0.6 is 12.6 Å². The third-order valence-electron chi connectivity index (χ3n) is 6.21. The number of hydrogen-bond acceptors (Lipinski definition) is 4. The van der Waals surface area contributed by atoms with Crippen molar-refractivity contribution in [3.63, 3.8) is 0 Å². The molecule has 1 atom stereocenters. The normalized spacial score (nSPS) is 14.4. The van der Waals surface area contributed by atoms with Gasteiger partial charge in [0, 0.05) is 5.56 Å². The van der Waals surface area contributed by atoms with Crippen molar-refractivity contribution in [2.24, 2.45) is 5.41 Å². The zero-order chi connectivity index (χ0) is 24.0. The van der Waals surface area contributed by atoms with Crippen molar-refractivity contribution in [2.75, 3.05) is 0 Å². The number of phenols is 1. The minimum Gasteiger partial charge on any atom is -0.505 e. The number of aromatic hydroxyl groups is 1. The fourth-order valence-electron chi connectivity index (χ4n) is 4.85. The van der Waals surface area contributed by atoms with E-state index < -0.39 is 4.75 Å². The molecule has 172 valence electrons. The molecule has 0 amide bonds. The van der Waals surface area contributed by atoms with E-state index in [4.69, 9.17) is 12.6 Å². The number of nitrogens with zero attached hydrogens (tertiary/aromatic N) is 3. The summed E-state index contributed by atoms with van der Waals surface area (Å²) in [5.41, 5.74) is 5.03. The van der Waals surface area contributed by atoms with E-state index in [1.165, 1.54) is 0 Å². The Hall–Kier alpha value is -2.79. The summed E-state index contributed by atoms with van der Waals surface area (Å²) in [4.78, 5) is 1.55. The first-order valence-corrected chi connectivity index (χ1v) is 11.8. The van der Waals surface area contributed by atoms with Crippen LogP contribution in [-0.2, 0) is 10.2 Å². The van der Waals surface area contributed by atoms with Gasteiger partial charge in [-0.1, -0.05) is 77.1 Å². The molecule has 0 radical (unpaired) electrons. The van der Waals surface area contributed by atoms with Crippen LogP contribution in [0, 0.1) is 5.41 Å². The fourth-order valence-corrected chi connectivity index (χ4v) is 5.17. The molecular formula is C28H33N3OS. The van der Waals surface area contributed by atoms with E-state index in [1.807, 2.05) is 67.6 Å². The number of thiol groups is 1. The third-order valence-corrected chi connectivity index (χ3v) is 6.71. The number of rotatable bonds is 5. The van der Waals surface area contributed by atoms with Gasteiger partial charge in [-0.15, -0.1) is 15.0 Å². The zero-order valence-electron chi connectivity index (χ0n) is 20.3. The van der Waals surface area contributed by atoms with Gasteiger partial charge in [0.05, 0.1) is 4.75 Å². The molecule has 0 aliphatic rings. The quantitative estimate of drug-likeness (QED) is 0.315. The van der Waals surface area contributed by atoms with Crippen molar-refractivity contribution < 1.29 is 5.11 Å². The van der Waals surface area contributed by atoms with E-state index in [9.17, 15) is 5.11 Å². The van der Waals surface area contributed by atoms with E-state index in [0.29, 0.717) is 5.69 Å². The molecule has 0 aliphatic heterocycles. The van der Waals surface area contributed by atoms with Gasteiger partial charge in [-0.05, 0) is 59.6 Å². The number of fused-ring (bicyclic) bond motifs is 1. The maximum atomic E-state index is 11.5. The molecule has 0 aliphatic carbocycles. The minimum atomic E-state index is -0.708. The minimum absolute atomic E-state index is 0.136. The number of phenolic OH excluding ortho intramolecular Hbond substituents is 1. The summed E-state index contributed by atoms with van der Waals surface area (Å²) >= 11 is 5.06. The molecule has 0 saturated carbocycles. The number of hydrogen-bond donors (Lipinski definition) is 2. The molecule has 0 saturated heterocycles. The van der Waals surface area contributed by atoms with Gasteiger partial charge in [0.25, 0.3) is 0 Å². The highest BCUT2D eigenvalue weighted by Gasteiger charge is 2.34. The Bertz CT molecular complexity index is 1250.